The van der Waals surface area contributed by atoms with E-state index in [0.717, 1.165) is 31.0 Å². The molecule has 4 rings (SSSR count). The molecule has 1 saturated carbocycles. The van der Waals surface area contributed by atoms with Gasteiger partial charge in [0.05, 0.1) is 40.4 Å². The summed E-state index contributed by atoms with van der Waals surface area (Å²) in [6.45, 7) is 11.3. The lowest BCUT2D eigenvalue weighted by Crippen LogP contribution is -2.38. The average Bonchev–Trinajstić information content (AvgIpc) is 2.99. The van der Waals surface area contributed by atoms with Gasteiger partial charge in [-0.3, -0.25) is 0 Å². The third-order valence-electron chi connectivity index (χ3n) is 8.68. The van der Waals surface area contributed by atoms with E-state index in [9.17, 15) is 8.42 Å². The minimum absolute atomic E-state index is 0.0159. The van der Waals surface area contributed by atoms with Crippen LogP contribution in [0.2, 0.25) is 5.02 Å². The Kier molecular flexibility index (Phi) is 11.7. The van der Waals surface area contributed by atoms with Crippen LogP contribution in [-0.4, -0.2) is 68.0 Å². The largest absolute Gasteiger partial charge is 0.493 e. The monoisotopic (exact) mass is 645 g/mol. The van der Waals surface area contributed by atoms with Crippen LogP contribution in [0.25, 0.3) is 0 Å². The number of nitrogens with zero attached hydrogens (tertiary/aromatic N) is 3. The van der Waals surface area contributed by atoms with E-state index in [1.807, 2.05) is 13.8 Å². The van der Waals surface area contributed by atoms with Gasteiger partial charge in [-0.2, -0.15) is 4.98 Å². The van der Waals surface area contributed by atoms with Crippen molar-refractivity contribution in [3.05, 3.63) is 58.6 Å². The zero-order valence-corrected chi connectivity index (χ0v) is 28.6. The molecular formula is C33H48ClN5O4S. The summed E-state index contributed by atoms with van der Waals surface area (Å²) < 4.78 is 37.6. The van der Waals surface area contributed by atoms with Gasteiger partial charge in [0.2, 0.25) is 5.95 Å². The topological polar surface area (TPSA) is 106 Å². The molecule has 1 aromatic heterocycles. The molecule has 1 atom stereocenters. The first-order chi connectivity index (χ1) is 20.9. The molecule has 2 aromatic rings. The number of allylic oxidation sites excluding steroid dienone is 3. The highest BCUT2D eigenvalue weighted by atomic mass is 35.5. The van der Waals surface area contributed by atoms with Crippen LogP contribution >= 0.6 is 11.6 Å². The molecule has 0 aliphatic heterocycles. The van der Waals surface area contributed by atoms with Gasteiger partial charge in [0.25, 0.3) is 0 Å². The van der Waals surface area contributed by atoms with Gasteiger partial charge in [-0.15, -0.1) is 0 Å². The first-order valence-electron chi connectivity index (χ1n) is 15.6. The molecule has 2 N–H and O–H groups in total. The van der Waals surface area contributed by atoms with E-state index < -0.39 is 15.1 Å². The number of para-hydroxylation sites is 1. The highest BCUT2D eigenvalue weighted by Crippen LogP contribution is 2.42. The number of aromatic nitrogens is 2. The van der Waals surface area contributed by atoms with Crippen molar-refractivity contribution in [2.45, 2.75) is 89.0 Å². The maximum atomic E-state index is 13.0. The fourth-order valence-corrected chi connectivity index (χ4v) is 7.46. The van der Waals surface area contributed by atoms with Gasteiger partial charge >= 0.3 is 0 Å². The van der Waals surface area contributed by atoms with Gasteiger partial charge in [0.15, 0.2) is 15.7 Å². The number of rotatable bonds is 13. The second-order valence-corrected chi connectivity index (χ2v) is 15.4. The van der Waals surface area contributed by atoms with Gasteiger partial charge < -0.3 is 25.0 Å². The summed E-state index contributed by atoms with van der Waals surface area (Å²) >= 11 is 6.48. The second-order valence-electron chi connectivity index (χ2n) is 12.5. The maximum absolute atomic E-state index is 13.0. The van der Waals surface area contributed by atoms with Gasteiger partial charge in [-0.05, 0) is 97.4 Å². The van der Waals surface area contributed by atoms with E-state index in [1.54, 1.807) is 45.2 Å². The van der Waals surface area contributed by atoms with E-state index in [4.69, 9.17) is 21.1 Å². The summed E-state index contributed by atoms with van der Waals surface area (Å²) in [4.78, 5) is 11.7. The van der Waals surface area contributed by atoms with Crippen molar-refractivity contribution in [3.63, 3.8) is 0 Å². The van der Waals surface area contributed by atoms with E-state index in [0.29, 0.717) is 35.3 Å². The second kappa shape index (κ2) is 15.1. The first kappa shape index (κ1) is 34.2. The van der Waals surface area contributed by atoms with Crippen LogP contribution in [0.4, 0.5) is 17.5 Å². The molecule has 0 bridgehead atoms. The maximum Gasteiger partial charge on any atom is 0.229 e. The molecule has 1 unspecified atom stereocenters. The molecule has 1 aromatic carbocycles. The number of methoxy groups -OCH3 is 1. The Labute approximate surface area is 268 Å². The van der Waals surface area contributed by atoms with Gasteiger partial charge in [-0.1, -0.05) is 29.3 Å². The average molecular weight is 646 g/mol. The van der Waals surface area contributed by atoms with Crippen LogP contribution in [0.1, 0.15) is 66.7 Å². The highest BCUT2D eigenvalue weighted by Gasteiger charge is 2.34. The molecule has 0 radical (unpaired) electrons. The number of benzene rings is 1. The molecule has 2 aliphatic carbocycles. The smallest absolute Gasteiger partial charge is 0.229 e. The molecule has 1 fully saturated rings. The van der Waals surface area contributed by atoms with Crippen molar-refractivity contribution < 1.29 is 17.9 Å². The molecule has 0 spiro atoms. The number of hydrogen-bond donors (Lipinski definition) is 2. The third kappa shape index (κ3) is 8.33. The van der Waals surface area contributed by atoms with E-state index in [2.05, 4.69) is 45.5 Å². The van der Waals surface area contributed by atoms with Crippen LogP contribution < -0.4 is 10.6 Å². The number of sulfone groups is 1. The summed E-state index contributed by atoms with van der Waals surface area (Å²) in [7, 11) is 0.435. The molecule has 9 nitrogen and oxygen atoms in total. The van der Waals surface area contributed by atoms with Crippen molar-refractivity contribution in [3.8, 4) is 0 Å². The van der Waals surface area contributed by atoms with Crippen molar-refractivity contribution >= 4 is 38.9 Å². The van der Waals surface area contributed by atoms with Crippen molar-refractivity contribution in [1.29, 1.82) is 0 Å². The minimum Gasteiger partial charge on any atom is -0.493 e. The Morgan fingerprint density at radius 2 is 1.80 bits per heavy atom. The van der Waals surface area contributed by atoms with Crippen molar-refractivity contribution in [2.24, 2.45) is 11.8 Å². The molecule has 0 amide bonds. The quantitative estimate of drug-likeness (QED) is 0.234. The Morgan fingerprint density at radius 1 is 1.09 bits per heavy atom. The molecule has 0 saturated heterocycles. The van der Waals surface area contributed by atoms with E-state index >= 15 is 0 Å². The predicted octanol–water partition coefficient (Wildman–Crippen LogP) is 7.21. The minimum atomic E-state index is -3.53. The van der Waals surface area contributed by atoms with Gasteiger partial charge in [0, 0.05) is 26.1 Å². The lowest BCUT2D eigenvalue weighted by molar-refractivity contribution is 0.0961. The number of halogens is 1. The summed E-state index contributed by atoms with van der Waals surface area (Å²) in [5.41, 5.74) is 2.56. The molecule has 242 valence electrons. The fourth-order valence-electron chi connectivity index (χ4n) is 6.12. The molecule has 1 heterocycles. The summed E-state index contributed by atoms with van der Waals surface area (Å²) in [5, 5.41) is 6.20. The van der Waals surface area contributed by atoms with Crippen LogP contribution in [0.15, 0.2) is 58.5 Å². The zero-order chi connectivity index (χ0) is 32.0. The lowest BCUT2D eigenvalue weighted by Gasteiger charge is -2.39. The zero-order valence-electron chi connectivity index (χ0n) is 27.1. The Bertz CT molecular complexity index is 1450. The number of anilines is 3. The number of ether oxygens (including phenoxy) is 2. The predicted molar refractivity (Wildman–Crippen MR) is 178 cm³/mol. The SMILES string of the molecule is COCCN(C)[C@H]1CC[C@@H](C2CC(OC(C)C)=C(Nc3ncc(Cl)c(Nc4ccccc4S(=O)(=O)C(C)C)n3)C=C2C)CC1. The van der Waals surface area contributed by atoms with E-state index in [-0.39, 0.29) is 16.0 Å². The van der Waals surface area contributed by atoms with Crippen LogP contribution in [0, 0.1) is 11.8 Å². The van der Waals surface area contributed by atoms with Crippen LogP contribution in [0.3, 0.4) is 0 Å². The third-order valence-corrected chi connectivity index (χ3v) is 11.2. The summed E-state index contributed by atoms with van der Waals surface area (Å²) in [6, 6.07) is 7.38. The lowest BCUT2D eigenvalue weighted by atomic mass is 9.72. The molecule has 2 aliphatic rings. The Balaban J connectivity index is 1.53. The van der Waals surface area contributed by atoms with Crippen molar-refractivity contribution in [1.82, 2.24) is 14.9 Å². The van der Waals surface area contributed by atoms with Crippen LogP contribution in [-0.2, 0) is 19.3 Å². The number of likely N-dealkylation sites (N-methyl/N-ethyl adjacent to an activating group) is 1. The Morgan fingerprint density at radius 3 is 2.45 bits per heavy atom. The van der Waals surface area contributed by atoms with E-state index in [1.165, 1.54) is 37.5 Å². The summed E-state index contributed by atoms with van der Waals surface area (Å²) in [6.07, 6.45) is 9.28. The van der Waals surface area contributed by atoms with Crippen LogP contribution in [0.5, 0.6) is 0 Å². The van der Waals surface area contributed by atoms with Crippen molar-refractivity contribution in [2.75, 3.05) is 37.9 Å². The highest BCUT2D eigenvalue weighted by molar-refractivity contribution is 7.92. The molecule has 11 heteroatoms. The standard InChI is InChI=1S/C33H48ClN5O4S/c1-21(2)43-30-19-26(24-12-14-25(15-13-24)39(6)16-17-42-7)23(5)18-29(30)37-33-35-20-27(34)32(38-33)36-28-10-8-9-11-31(28)44(40,41)22(3)4/h8-11,18,20-22,24-26H,12-17,19H2,1-7H3,(H2,35,36,37,38)/t24-,25+,26?. The summed E-state index contributed by atoms with van der Waals surface area (Å²) in [5.74, 6) is 2.57. The number of nitrogens with one attached hydrogen (secondary N) is 2. The van der Waals surface area contributed by atoms with Gasteiger partial charge in [0.1, 0.15) is 10.8 Å². The molecular weight excluding hydrogens is 598 g/mol. The fraction of sp³-hybridized carbons (Fsp3) is 0.576. The first-order valence-corrected chi connectivity index (χ1v) is 17.5. The number of hydrogen-bond acceptors (Lipinski definition) is 9. The van der Waals surface area contributed by atoms with Gasteiger partial charge in [-0.25, -0.2) is 13.4 Å². The Hall–Kier alpha value is -2.66. The normalized spacial score (nSPS) is 21.2. The molecule has 44 heavy (non-hydrogen) atoms.